The maximum atomic E-state index is 13.9. The van der Waals surface area contributed by atoms with Crippen LogP contribution < -0.4 is 9.62 Å². The lowest BCUT2D eigenvalue weighted by atomic mass is 10.1. The molecule has 0 aliphatic carbocycles. The average Bonchev–Trinajstić information content (AvgIpc) is 2.91. The molecule has 1 N–H and O–H groups in total. The van der Waals surface area contributed by atoms with Gasteiger partial charge in [0, 0.05) is 17.6 Å². The van der Waals surface area contributed by atoms with Crippen molar-refractivity contribution in [2.75, 3.05) is 10.8 Å². The molecule has 2 amide bonds. The number of carbonyl (C=O) groups is 2. The first-order valence-corrected chi connectivity index (χ1v) is 15.3. The highest BCUT2D eigenvalue weighted by molar-refractivity contribution is 7.92. The molecule has 0 saturated heterocycles. The van der Waals surface area contributed by atoms with Gasteiger partial charge in [-0.25, -0.2) is 8.42 Å². The van der Waals surface area contributed by atoms with E-state index in [4.69, 9.17) is 34.8 Å². The van der Waals surface area contributed by atoms with Crippen molar-refractivity contribution in [3.8, 4) is 0 Å². The Labute approximate surface area is 251 Å². The van der Waals surface area contributed by atoms with Gasteiger partial charge in [0.2, 0.25) is 11.8 Å². The molecule has 0 aromatic heterocycles. The van der Waals surface area contributed by atoms with Crippen LogP contribution >= 0.6 is 34.8 Å². The highest BCUT2D eigenvalue weighted by Gasteiger charge is 2.33. The van der Waals surface area contributed by atoms with E-state index in [9.17, 15) is 18.0 Å². The number of nitrogens with one attached hydrogen (secondary N) is 1. The second-order valence-corrected chi connectivity index (χ2v) is 12.7. The smallest absolute Gasteiger partial charge is 0.264 e. The zero-order valence-electron chi connectivity index (χ0n) is 22.7. The summed E-state index contributed by atoms with van der Waals surface area (Å²) in [6, 6.07) is 16.6. The summed E-state index contributed by atoms with van der Waals surface area (Å²) >= 11 is 18.5. The number of nitrogens with zero attached hydrogens (tertiary/aromatic N) is 2. The molecule has 11 heteroatoms. The zero-order chi connectivity index (χ0) is 29.6. The lowest BCUT2D eigenvalue weighted by Crippen LogP contribution is -2.52. The summed E-state index contributed by atoms with van der Waals surface area (Å²) in [5.74, 6) is -0.944. The fraction of sp³-hybridized carbons (Fsp3) is 0.310. The molecule has 0 bridgehead atoms. The van der Waals surface area contributed by atoms with Crippen molar-refractivity contribution < 1.29 is 18.0 Å². The van der Waals surface area contributed by atoms with E-state index in [2.05, 4.69) is 5.32 Å². The molecule has 3 aromatic rings. The summed E-state index contributed by atoms with van der Waals surface area (Å²) in [4.78, 5) is 28.4. The molecule has 0 spiro atoms. The molecular formula is C29H32Cl3N3O4S. The minimum Gasteiger partial charge on any atom is -0.352 e. The largest absolute Gasteiger partial charge is 0.352 e. The average molecular weight is 625 g/mol. The van der Waals surface area contributed by atoms with Gasteiger partial charge < -0.3 is 10.2 Å². The predicted molar refractivity (Wildman–Crippen MR) is 162 cm³/mol. The van der Waals surface area contributed by atoms with Gasteiger partial charge in [-0.2, -0.15) is 0 Å². The van der Waals surface area contributed by atoms with Crippen molar-refractivity contribution in [1.29, 1.82) is 0 Å². The number of anilines is 1. The molecular weight excluding hydrogens is 593 g/mol. The van der Waals surface area contributed by atoms with Crippen LogP contribution in [0.4, 0.5) is 5.69 Å². The van der Waals surface area contributed by atoms with Crippen LogP contribution in [0.25, 0.3) is 0 Å². The Bertz CT molecular complexity index is 1470. The molecule has 0 saturated carbocycles. The Hall–Kier alpha value is -2.78. The molecule has 40 heavy (non-hydrogen) atoms. The van der Waals surface area contributed by atoms with Gasteiger partial charge in [0.1, 0.15) is 12.6 Å². The first kappa shape index (κ1) is 31.7. The summed E-state index contributed by atoms with van der Waals surface area (Å²) in [5.41, 5.74) is 1.72. The fourth-order valence-electron chi connectivity index (χ4n) is 3.89. The van der Waals surface area contributed by atoms with Crippen LogP contribution in [0.3, 0.4) is 0 Å². The number of sulfonamides is 1. The van der Waals surface area contributed by atoms with Crippen LogP contribution in [0.2, 0.25) is 15.1 Å². The number of aryl methyl sites for hydroxylation is 1. The Morgan fingerprint density at radius 2 is 1.60 bits per heavy atom. The first-order valence-electron chi connectivity index (χ1n) is 12.7. The van der Waals surface area contributed by atoms with Gasteiger partial charge in [0.15, 0.2) is 0 Å². The van der Waals surface area contributed by atoms with E-state index in [-0.39, 0.29) is 39.1 Å². The van der Waals surface area contributed by atoms with E-state index in [1.54, 1.807) is 43.3 Å². The standard InChI is InChI=1S/C29H32Cl3N3O4S/c1-5-20(3)33-29(37)21(4)34(17-22-7-6-8-23(30)15-22)28(36)18-35(24-11-14-26(31)27(32)16-24)40(38,39)25-12-9-19(2)10-13-25/h6-16,20-21H,5,17-18H2,1-4H3,(H,33,37)/t20-,21+/m1/s1. The third-order valence-corrected chi connectivity index (χ3v) is 9.25. The lowest BCUT2D eigenvalue weighted by molar-refractivity contribution is -0.139. The van der Waals surface area contributed by atoms with E-state index in [1.165, 1.54) is 35.2 Å². The van der Waals surface area contributed by atoms with E-state index in [0.717, 1.165) is 9.87 Å². The van der Waals surface area contributed by atoms with Crippen LogP contribution in [-0.4, -0.2) is 43.8 Å². The number of amides is 2. The van der Waals surface area contributed by atoms with Crippen LogP contribution in [0.15, 0.2) is 71.6 Å². The van der Waals surface area contributed by atoms with Gasteiger partial charge in [-0.15, -0.1) is 0 Å². The summed E-state index contributed by atoms with van der Waals surface area (Å²) in [6.45, 7) is 6.71. The molecule has 0 fully saturated rings. The van der Waals surface area contributed by atoms with Crippen molar-refractivity contribution in [2.45, 2.75) is 57.6 Å². The van der Waals surface area contributed by atoms with E-state index >= 15 is 0 Å². The lowest BCUT2D eigenvalue weighted by Gasteiger charge is -2.32. The second-order valence-electron chi connectivity index (χ2n) is 9.57. The molecule has 0 radical (unpaired) electrons. The third kappa shape index (κ3) is 7.91. The van der Waals surface area contributed by atoms with Crippen molar-refractivity contribution in [1.82, 2.24) is 10.2 Å². The van der Waals surface area contributed by atoms with Gasteiger partial charge in [0.25, 0.3) is 10.0 Å². The second kappa shape index (κ2) is 13.7. The number of rotatable bonds is 11. The van der Waals surface area contributed by atoms with Gasteiger partial charge >= 0.3 is 0 Å². The normalized spacial score (nSPS) is 12.9. The highest BCUT2D eigenvalue weighted by atomic mass is 35.5. The Morgan fingerprint density at radius 1 is 0.925 bits per heavy atom. The zero-order valence-corrected chi connectivity index (χ0v) is 25.8. The SMILES string of the molecule is CC[C@@H](C)NC(=O)[C@H](C)N(Cc1cccc(Cl)c1)C(=O)CN(c1ccc(Cl)c(Cl)c1)S(=O)(=O)c1ccc(C)cc1. The molecule has 2 atom stereocenters. The molecule has 3 aromatic carbocycles. The Balaban J connectivity index is 2.05. The van der Waals surface area contributed by atoms with Crippen molar-refractivity contribution in [3.05, 3.63) is 92.9 Å². The molecule has 7 nitrogen and oxygen atoms in total. The van der Waals surface area contributed by atoms with Gasteiger partial charge in [0.05, 0.1) is 20.6 Å². The summed E-state index contributed by atoms with van der Waals surface area (Å²) < 4.78 is 28.7. The maximum Gasteiger partial charge on any atom is 0.264 e. The van der Waals surface area contributed by atoms with Crippen LogP contribution in [0.5, 0.6) is 0 Å². The first-order chi connectivity index (χ1) is 18.8. The van der Waals surface area contributed by atoms with Crippen LogP contribution in [0, 0.1) is 6.92 Å². The molecule has 214 valence electrons. The molecule has 0 heterocycles. The quantitative estimate of drug-likeness (QED) is 0.265. The van der Waals surface area contributed by atoms with Gasteiger partial charge in [-0.1, -0.05) is 71.6 Å². The summed E-state index contributed by atoms with van der Waals surface area (Å²) in [7, 11) is -4.22. The van der Waals surface area contributed by atoms with Crippen LogP contribution in [-0.2, 0) is 26.2 Å². The number of halogens is 3. The molecule has 0 aliphatic rings. The van der Waals surface area contributed by atoms with E-state index in [0.29, 0.717) is 17.0 Å². The van der Waals surface area contributed by atoms with E-state index < -0.39 is 28.5 Å². The molecule has 0 aliphatic heterocycles. The Kier molecular flexibility index (Phi) is 10.9. The van der Waals surface area contributed by atoms with Crippen molar-refractivity contribution >= 4 is 62.3 Å². The number of carbonyl (C=O) groups excluding carboxylic acids is 2. The monoisotopic (exact) mass is 623 g/mol. The summed E-state index contributed by atoms with van der Waals surface area (Å²) in [5, 5.41) is 3.74. The van der Waals surface area contributed by atoms with Crippen LogP contribution in [0.1, 0.15) is 38.3 Å². The maximum absolute atomic E-state index is 13.9. The van der Waals surface area contributed by atoms with E-state index in [1.807, 2.05) is 20.8 Å². The minimum absolute atomic E-state index is 0.000857. The Morgan fingerprint density at radius 3 is 2.20 bits per heavy atom. The number of hydrogen-bond donors (Lipinski definition) is 1. The predicted octanol–water partition coefficient (Wildman–Crippen LogP) is 6.48. The topological polar surface area (TPSA) is 86.8 Å². The van der Waals surface area contributed by atoms with Gasteiger partial charge in [-0.05, 0) is 75.2 Å². The van der Waals surface area contributed by atoms with Crippen molar-refractivity contribution in [3.63, 3.8) is 0 Å². The number of hydrogen-bond acceptors (Lipinski definition) is 4. The molecule has 3 rings (SSSR count). The third-order valence-electron chi connectivity index (χ3n) is 6.49. The van der Waals surface area contributed by atoms with Gasteiger partial charge in [-0.3, -0.25) is 13.9 Å². The number of benzene rings is 3. The minimum atomic E-state index is -4.22. The highest BCUT2D eigenvalue weighted by Crippen LogP contribution is 2.31. The molecule has 0 unspecified atom stereocenters. The fourth-order valence-corrected chi connectivity index (χ4v) is 5.80. The van der Waals surface area contributed by atoms with Crippen molar-refractivity contribution in [2.24, 2.45) is 0 Å². The summed E-state index contributed by atoms with van der Waals surface area (Å²) in [6.07, 6.45) is 0.709.